The maximum absolute atomic E-state index is 10.6. The van der Waals surface area contributed by atoms with Gasteiger partial charge >= 0.3 is 0 Å². The smallest absolute Gasteiger partial charge is 0.0943 e. The van der Waals surface area contributed by atoms with Crippen LogP contribution in [0.15, 0.2) is 24.3 Å². The summed E-state index contributed by atoms with van der Waals surface area (Å²) < 4.78 is 5.30. The summed E-state index contributed by atoms with van der Waals surface area (Å²) in [6, 6.07) is 8.18. The van der Waals surface area contributed by atoms with Crippen LogP contribution in [0.4, 0.5) is 0 Å². The highest BCUT2D eigenvalue weighted by atomic mass is 16.5. The lowest BCUT2D eigenvalue weighted by Gasteiger charge is -2.34. The zero-order valence-electron chi connectivity index (χ0n) is 9.20. The van der Waals surface area contributed by atoms with E-state index in [1.165, 1.54) is 5.56 Å². The van der Waals surface area contributed by atoms with Gasteiger partial charge in [-0.2, -0.15) is 0 Å². The Balaban J connectivity index is 2.34. The van der Waals surface area contributed by atoms with E-state index in [0.717, 1.165) is 12.0 Å². The Morgan fingerprint density at radius 3 is 2.60 bits per heavy atom. The first-order valence-corrected chi connectivity index (χ1v) is 5.65. The zero-order valence-corrected chi connectivity index (χ0v) is 9.20. The Morgan fingerprint density at radius 1 is 1.27 bits per heavy atom. The second-order valence-corrected chi connectivity index (χ2v) is 4.15. The van der Waals surface area contributed by atoms with Crippen LogP contribution in [-0.4, -0.2) is 18.3 Å². The number of hydrogen-bond acceptors (Lipinski definition) is 2. The van der Waals surface area contributed by atoms with Crippen LogP contribution in [0.25, 0.3) is 0 Å². The fourth-order valence-corrected chi connectivity index (χ4v) is 2.26. The molecule has 0 amide bonds. The van der Waals surface area contributed by atoms with Gasteiger partial charge in [-0.25, -0.2) is 0 Å². The standard InChI is InChI=1S/C13H18O2/c1-2-11-5-3-4-6-12(11)13(14)7-9-15-10-8-13/h3-6,14H,2,7-10H2,1H3. The van der Waals surface area contributed by atoms with Gasteiger partial charge in [0.25, 0.3) is 0 Å². The Morgan fingerprint density at radius 2 is 1.93 bits per heavy atom. The molecular formula is C13H18O2. The van der Waals surface area contributed by atoms with Crippen LogP contribution in [0.3, 0.4) is 0 Å². The van der Waals surface area contributed by atoms with Crippen molar-refractivity contribution in [3.63, 3.8) is 0 Å². The van der Waals surface area contributed by atoms with E-state index in [4.69, 9.17) is 4.74 Å². The monoisotopic (exact) mass is 206 g/mol. The third-order valence-corrected chi connectivity index (χ3v) is 3.22. The van der Waals surface area contributed by atoms with E-state index in [2.05, 4.69) is 13.0 Å². The SMILES string of the molecule is CCc1ccccc1C1(O)CCOCC1. The molecule has 2 heteroatoms. The van der Waals surface area contributed by atoms with Gasteiger partial charge < -0.3 is 9.84 Å². The summed E-state index contributed by atoms with van der Waals surface area (Å²) in [5.41, 5.74) is 1.68. The second-order valence-electron chi connectivity index (χ2n) is 4.15. The molecule has 1 aromatic rings. The van der Waals surface area contributed by atoms with Crippen molar-refractivity contribution in [3.05, 3.63) is 35.4 Å². The van der Waals surface area contributed by atoms with Crippen molar-refractivity contribution in [2.75, 3.05) is 13.2 Å². The molecule has 0 unspecified atom stereocenters. The van der Waals surface area contributed by atoms with Crippen LogP contribution in [-0.2, 0) is 16.8 Å². The topological polar surface area (TPSA) is 29.5 Å². The molecule has 0 atom stereocenters. The first-order chi connectivity index (χ1) is 7.26. The van der Waals surface area contributed by atoms with Gasteiger partial charge in [0.1, 0.15) is 0 Å². The van der Waals surface area contributed by atoms with Crippen LogP contribution in [0.2, 0.25) is 0 Å². The molecule has 2 rings (SSSR count). The van der Waals surface area contributed by atoms with Gasteiger partial charge in [-0.1, -0.05) is 31.2 Å². The van der Waals surface area contributed by atoms with Crippen LogP contribution < -0.4 is 0 Å². The van der Waals surface area contributed by atoms with Gasteiger partial charge in [-0.15, -0.1) is 0 Å². The summed E-state index contributed by atoms with van der Waals surface area (Å²) in [7, 11) is 0. The minimum absolute atomic E-state index is 0.661. The summed E-state index contributed by atoms with van der Waals surface area (Å²) in [6.45, 7) is 3.45. The molecule has 0 saturated carbocycles. The molecule has 15 heavy (non-hydrogen) atoms. The molecule has 0 spiro atoms. The Kier molecular flexibility index (Phi) is 3.08. The number of benzene rings is 1. The van der Waals surface area contributed by atoms with Crippen LogP contribution in [0.5, 0.6) is 0 Å². The van der Waals surface area contributed by atoms with Crippen molar-refractivity contribution in [1.82, 2.24) is 0 Å². The molecular weight excluding hydrogens is 188 g/mol. The number of rotatable bonds is 2. The fraction of sp³-hybridized carbons (Fsp3) is 0.538. The fourth-order valence-electron chi connectivity index (χ4n) is 2.26. The third-order valence-electron chi connectivity index (χ3n) is 3.22. The Labute approximate surface area is 90.9 Å². The summed E-state index contributed by atoms with van der Waals surface area (Å²) >= 11 is 0. The van der Waals surface area contributed by atoms with E-state index >= 15 is 0 Å². The lowest BCUT2D eigenvalue weighted by Crippen LogP contribution is -2.34. The van der Waals surface area contributed by atoms with E-state index in [1.807, 2.05) is 18.2 Å². The van der Waals surface area contributed by atoms with Gasteiger partial charge in [0, 0.05) is 26.1 Å². The van der Waals surface area contributed by atoms with Crippen LogP contribution in [0.1, 0.15) is 30.9 Å². The van der Waals surface area contributed by atoms with Crippen LogP contribution >= 0.6 is 0 Å². The molecule has 1 aromatic carbocycles. The van der Waals surface area contributed by atoms with Crippen molar-refractivity contribution in [2.24, 2.45) is 0 Å². The maximum atomic E-state index is 10.6. The number of ether oxygens (including phenoxy) is 1. The van der Waals surface area contributed by atoms with Crippen molar-refractivity contribution in [1.29, 1.82) is 0 Å². The lowest BCUT2D eigenvalue weighted by molar-refractivity contribution is -0.0683. The molecule has 1 fully saturated rings. The van der Waals surface area contributed by atoms with Crippen molar-refractivity contribution in [3.8, 4) is 0 Å². The lowest BCUT2D eigenvalue weighted by atomic mass is 9.83. The number of aryl methyl sites for hydroxylation is 1. The van der Waals surface area contributed by atoms with Crippen molar-refractivity contribution in [2.45, 2.75) is 31.8 Å². The minimum atomic E-state index is -0.662. The largest absolute Gasteiger partial charge is 0.385 e. The minimum Gasteiger partial charge on any atom is -0.385 e. The number of aliphatic hydroxyl groups is 1. The van der Waals surface area contributed by atoms with E-state index in [0.29, 0.717) is 26.1 Å². The highest BCUT2D eigenvalue weighted by Crippen LogP contribution is 2.34. The molecule has 1 saturated heterocycles. The van der Waals surface area contributed by atoms with Gasteiger partial charge in [-0.05, 0) is 17.5 Å². The van der Waals surface area contributed by atoms with E-state index in [1.54, 1.807) is 0 Å². The molecule has 1 heterocycles. The highest BCUT2D eigenvalue weighted by Gasteiger charge is 2.32. The van der Waals surface area contributed by atoms with E-state index in [9.17, 15) is 5.11 Å². The van der Waals surface area contributed by atoms with Crippen LogP contribution in [0, 0.1) is 0 Å². The molecule has 0 aliphatic carbocycles. The zero-order chi connectivity index (χ0) is 10.7. The molecule has 1 aliphatic heterocycles. The molecule has 1 aliphatic rings. The molecule has 0 radical (unpaired) electrons. The Hall–Kier alpha value is -0.860. The van der Waals surface area contributed by atoms with E-state index in [-0.39, 0.29) is 0 Å². The summed E-state index contributed by atoms with van der Waals surface area (Å²) in [4.78, 5) is 0. The summed E-state index contributed by atoms with van der Waals surface area (Å²) in [5, 5.41) is 10.6. The quantitative estimate of drug-likeness (QED) is 0.804. The molecule has 0 bridgehead atoms. The average Bonchev–Trinajstić information content (AvgIpc) is 2.30. The average molecular weight is 206 g/mol. The summed E-state index contributed by atoms with van der Waals surface area (Å²) in [5.74, 6) is 0. The molecule has 82 valence electrons. The van der Waals surface area contributed by atoms with Crippen molar-refractivity contribution < 1.29 is 9.84 Å². The van der Waals surface area contributed by atoms with Gasteiger partial charge in [-0.3, -0.25) is 0 Å². The molecule has 1 N–H and O–H groups in total. The van der Waals surface area contributed by atoms with Crippen molar-refractivity contribution >= 4 is 0 Å². The second kappa shape index (κ2) is 4.33. The molecule has 0 aromatic heterocycles. The number of hydrogen-bond donors (Lipinski definition) is 1. The molecule has 2 nitrogen and oxygen atoms in total. The first kappa shape index (κ1) is 10.7. The third kappa shape index (κ3) is 2.06. The van der Waals surface area contributed by atoms with E-state index < -0.39 is 5.60 Å². The predicted octanol–water partition coefficient (Wildman–Crippen LogP) is 2.25. The Bertz CT molecular complexity index is 327. The predicted molar refractivity (Wildman–Crippen MR) is 59.8 cm³/mol. The van der Waals surface area contributed by atoms with Gasteiger partial charge in [0.05, 0.1) is 5.60 Å². The van der Waals surface area contributed by atoms with Gasteiger partial charge in [0.2, 0.25) is 0 Å². The van der Waals surface area contributed by atoms with Gasteiger partial charge in [0.15, 0.2) is 0 Å². The first-order valence-electron chi connectivity index (χ1n) is 5.65. The maximum Gasteiger partial charge on any atom is 0.0943 e. The normalized spacial score (nSPS) is 20.1. The highest BCUT2D eigenvalue weighted by molar-refractivity contribution is 5.32. The summed E-state index contributed by atoms with van der Waals surface area (Å²) in [6.07, 6.45) is 2.40.